The maximum absolute atomic E-state index is 14.1. The molecule has 1 aromatic carbocycles. The van der Waals surface area contributed by atoms with Crippen molar-refractivity contribution in [1.82, 2.24) is 4.90 Å². The Hall–Kier alpha value is -1.17. The zero-order valence-corrected chi connectivity index (χ0v) is 12.1. The van der Waals surface area contributed by atoms with Gasteiger partial charge < -0.3 is 15.2 Å². The lowest BCUT2D eigenvalue weighted by Gasteiger charge is -2.35. The van der Waals surface area contributed by atoms with Crippen LogP contribution in [0.5, 0.6) is 5.75 Å². The number of hydrogen-bond acceptors (Lipinski definition) is 4. The molecule has 0 bridgehead atoms. The van der Waals surface area contributed by atoms with E-state index in [1.165, 1.54) is 7.11 Å². The Balaban J connectivity index is 2.02. The topological polar surface area (TPSA) is 47.7 Å². The van der Waals surface area contributed by atoms with Crippen molar-refractivity contribution in [2.24, 2.45) is 5.73 Å². The number of rotatable bonds is 5. The Kier molecular flexibility index (Phi) is 5.34. The number of methoxy groups -OCH3 is 1. The van der Waals surface area contributed by atoms with Crippen molar-refractivity contribution >= 4 is 0 Å². The van der Waals surface area contributed by atoms with E-state index in [9.17, 15) is 4.39 Å². The van der Waals surface area contributed by atoms with Crippen molar-refractivity contribution in [3.63, 3.8) is 0 Å². The molecule has 0 amide bonds. The molecule has 0 radical (unpaired) electrons. The van der Waals surface area contributed by atoms with E-state index in [0.29, 0.717) is 18.6 Å². The maximum atomic E-state index is 14.1. The first-order chi connectivity index (χ1) is 9.65. The van der Waals surface area contributed by atoms with Gasteiger partial charge in [-0.1, -0.05) is 19.1 Å². The molecule has 1 aromatic rings. The summed E-state index contributed by atoms with van der Waals surface area (Å²) >= 11 is 0. The van der Waals surface area contributed by atoms with Gasteiger partial charge in [0.2, 0.25) is 0 Å². The molecule has 1 aliphatic heterocycles. The predicted octanol–water partition coefficient (Wildman–Crippen LogP) is 1.42. The van der Waals surface area contributed by atoms with Crippen molar-refractivity contribution in [3.8, 4) is 5.75 Å². The highest BCUT2D eigenvalue weighted by Gasteiger charge is 2.26. The summed E-state index contributed by atoms with van der Waals surface area (Å²) in [6.07, 6.45) is 0.403. The van der Waals surface area contributed by atoms with Crippen LogP contribution >= 0.6 is 0 Å². The molecule has 2 N–H and O–H groups in total. The summed E-state index contributed by atoms with van der Waals surface area (Å²) < 4.78 is 24.8. The second kappa shape index (κ2) is 7.02. The van der Waals surface area contributed by atoms with Crippen molar-refractivity contribution in [3.05, 3.63) is 29.6 Å². The highest BCUT2D eigenvalue weighted by atomic mass is 19.1. The number of hydrogen-bond donors (Lipinski definition) is 1. The van der Waals surface area contributed by atoms with Gasteiger partial charge in [-0.25, -0.2) is 4.39 Å². The zero-order valence-electron chi connectivity index (χ0n) is 12.1. The zero-order chi connectivity index (χ0) is 14.5. The van der Waals surface area contributed by atoms with Crippen molar-refractivity contribution in [2.75, 3.05) is 33.4 Å². The minimum atomic E-state index is -0.325. The summed E-state index contributed by atoms with van der Waals surface area (Å²) in [7, 11) is 1.46. The minimum absolute atomic E-state index is 0.0469. The van der Waals surface area contributed by atoms with Crippen LogP contribution in [0.3, 0.4) is 0 Å². The molecule has 112 valence electrons. The molecule has 0 aliphatic carbocycles. The van der Waals surface area contributed by atoms with E-state index in [4.69, 9.17) is 15.2 Å². The molecular formula is C15H23FN2O2. The lowest BCUT2D eigenvalue weighted by Crippen LogP contribution is -2.51. The monoisotopic (exact) mass is 282 g/mol. The average molecular weight is 282 g/mol. The van der Waals surface area contributed by atoms with Gasteiger partial charge in [0.15, 0.2) is 11.6 Å². The standard InChI is InChI=1S/C15H23FN2O2/c1-3-18-7-8-20-14(10-18)12(17)9-11-5-4-6-13(19-2)15(11)16/h4-6,12,14H,3,7-10,17H2,1-2H3. The van der Waals surface area contributed by atoms with Crippen molar-refractivity contribution in [2.45, 2.75) is 25.5 Å². The van der Waals surface area contributed by atoms with Gasteiger partial charge in [0, 0.05) is 19.1 Å². The van der Waals surface area contributed by atoms with Crippen LogP contribution in [0.2, 0.25) is 0 Å². The number of ether oxygens (including phenoxy) is 2. The average Bonchev–Trinajstić information content (AvgIpc) is 2.49. The summed E-state index contributed by atoms with van der Waals surface area (Å²) in [5.74, 6) is -0.0666. The molecule has 1 saturated heterocycles. The number of likely N-dealkylation sites (N-methyl/N-ethyl adjacent to an activating group) is 1. The lowest BCUT2D eigenvalue weighted by molar-refractivity contribution is -0.0386. The summed E-state index contributed by atoms with van der Waals surface area (Å²) in [4.78, 5) is 2.30. The van der Waals surface area contributed by atoms with E-state index >= 15 is 0 Å². The second-order valence-corrected chi connectivity index (χ2v) is 5.10. The van der Waals surface area contributed by atoms with Crippen molar-refractivity contribution < 1.29 is 13.9 Å². The fraction of sp³-hybridized carbons (Fsp3) is 0.600. The Morgan fingerprint density at radius 3 is 3.05 bits per heavy atom. The van der Waals surface area contributed by atoms with Crippen LogP contribution in [0.1, 0.15) is 12.5 Å². The van der Waals surface area contributed by atoms with Gasteiger partial charge in [0.25, 0.3) is 0 Å². The molecule has 0 spiro atoms. The van der Waals surface area contributed by atoms with Crippen LogP contribution < -0.4 is 10.5 Å². The first-order valence-electron chi connectivity index (χ1n) is 7.06. The lowest BCUT2D eigenvalue weighted by atomic mass is 10.00. The fourth-order valence-electron chi connectivity index (χ4n) is 2.53. The number of morpholine rings is 1. The van der Waals surface area contributed by atoms with Crippen LogP contribution in [0.4, 0.5) is 4.39 Å². The Morgan fingerprint density at radius 2 is 2.35 bits per heavy atom. The van der Waals surface area contributed by atoms with E-state index in [0.717, 1.165) is 19.6 Å². The minimum Gasteiger partial charge on any atom is -0.494 e. The molecule has 0 aromatic heterocycles. The predicted molar refractivity (Wildman–Crippen MR) is 76.5 cm³/mol. The number of nitrogens with two attached hydrogens (primary N) is 1. The number of nitrogens with zero attached hydrogens (tertiary/aromatic N) is 1. The molecule has 20 heavy (non-hydrogen) atoms. The number of halogens is 1. The fourth-order valence-corrected chi connectivity index (χ4v) is 2.53. The highest BCUT2D eigenvalue weighted by Crippen LogP contribution is 2.22. The van der Waals surface area contributed by atoms with Crippen molar-refractivity contribution in [1.29, 1.82) is 0 Å². The van der Waals surface area contributed by atoms with Gasteiger partial charge in [-0.05, 0) is 24.6 Å². The molecule has 4 nitrogen and oxygen atoms in total. The third-order valence-corrected chi connectivity index (χ3v) is 3.82. The maximum Gasteiger partial charge on any atom is 0.168 e. The normalized spacial score (nSPS) is 21.7. The van der Waals surface area contributed by atoms with E-state index < -0.39 is 0 Å². The third-order valence-electron chi connectivity index (χ3n) is 3.82. The molecule has 5 heteroatoms. The second-order valence-electron chi connectivity index (χ2n) is 5.10. The summed E-state index contributed by atoms with van der Waals surface area (Å²) in [6.45, 7) is 5.54. The molecule has 1 heterocycles. The molecule has 1 aliphatic rings. The largest absolute Gasteiger partial charge is 0.494 e. The van der Waals surface area contributed by atoms with Crippen LogP contribution in [0, 0.1) is 5.82 Å². The first kappa shape index (κ1) is 15.2. The SMILES string of the molecule is CCN1CCOC(C(N)Cc2cccc(OC)c2F)C1. The molecule has 0 saturated carbocycles. The summed E-state index contributed by atoms with van der Waals surface area (Å²) in [6, 6.07) is 4.92. The third kappa shape index (κ3) is 3.48. The van der Waals surface area contributed by atoms with Gasteiger partial charge in [-0.3, -0.25) is 4.90 Å². The number of benzene rings is 1. The molecule has 1 fully saturated rings. The van der Waals surface area contributed by atoms with E-state index in [1.807, 2.05) is 0 Å². The van der Waals surface area contributed by atoms with Gasteiger partial charge in [-0.15, -0.1) is 0 Å². The molecule has 2 rings (SSSR count). The van der Waals surface area contributed by atoms with Crippen LogP contribution in [-0.2, 0) is 11.2 Å². The van der Waals surface area contributed by atoms with Gasteiger partial charge in [-0.2, -0.15) is 0 Å². The van der Waals surface area contributed by atoms with Crippen LogP contribution in [0.15, 0.2) is 18.2 Å². The summed E-state index contributed by atoms with van der Waals surface area (Å²) in [5.41, 5.74) is 6.78. The van der Waals surface area contributed by atoms with E-state index in [-0.39, 0.29) is 23.7 Å². The highest BCUT2D eigenvalue weighted by molar-refractivity contribution is 5.31. The smallest absolute Gasteiger partial charge is 0.168 e. The molecular weight excluding hydrogens is 259 g/mol. The van der Waals surface area contributed by atoms with E-state index in [1.54, 1.807) is 18.2 Å². The van der Waals surface area contributed by atoms with Gasteiger partial charge >= 0.3 is 0 Å². The van der Waals surface area contributed by atoms with Crippen LogP contribution in [0.25, 0.3) is 0 Å². The van der Waals surface area contributed by atoms with Crippen LogP contribution in [-0.4, -0.2) is 50.4 Å². The van der Waals surface area contributed by atoms with E-state index in [2.05, 4.69) is 11.8 Å². The first-order valence-corrected chi connectivity index (χ1v) is 7.06. The molecule has 2 unspecified atom stereocenters. The van der Waals surface area contributed by atoms with Gasteiger partial charge in [0.1, 0.15) is 0 Å². The Labute approximate surface area is 119 Å². The quantitative estimate of drug-likeness (QED) is 0.887. The Morgan fingerprint density at radius 1 is 1.55 bits per heavy atom. The summed E-state index contributed by atoms with van der Waals surface area (Å²) in [5, 5.41) is 0. The Bertz CT molecular complexity index is 442. The van der Waals surface area contributed by atoms with Gasteiger partial charge in [0.05, 0.1) is 19.8 Å². The molecule has 2 atom stereocenters.